The Bertz CT molecular complexity index is 396. The minimum absolute atomic E-state index is 0.0368. The maximum absolute atomic E-state index is 12.2. The molecule has 100 valence electrons. The lowest BCUT2D eigenvalue weighted by atomic mass is 9.84. The molecule has 1 unspecified atom stereocenters. The van der Waals surface area contributed by atoms with Crippen molar-refractivity contribution in [3.8, 4) is 0 Å². The average Bonchev–Trinajstić information content (AvgIpc) is 2.83. The lowest BCUT2D eigenvalue weighted by Gasteiger charge is -2.30. The Morgan fingerprint density at radius 2 is 2.17 bits per heavy atom. The van der Waals surface area contributed by atoms with Gasteiger partial charge in [0.05, 0.1) is 5.56 Å². The molecule has 1 aliphatic carbocycles. The highest BCUT2D eigenvalue weighted by Crippen LogP contribution is 2.26. The molecule has 1 heterocycles. The minimum atomic E-state index is 0.0368. The smallest absolute Gasteiger partial charge is 0.252 e. The SMILES string of the molecule is Cc1cscc1C(=O)NC(CN)C1CCCCC1. The number of hydrogen-bond donors (Lipinski definition) is 2. The van der Waals surface area contributed by atoms with Gasteiger partial charge in [0, 0.05) is 18.0 Å². The summed E-state index contributed by atoms with van der Waals surface area (Å²) in [5.41, 5.74) is 7.68. The molecule has 0 aromatic carbocycles. The van der Waals surface area contributed by atoms with E-state index in [0.29, 0.717) is 12.5 Å². The van der Waals surface area contributed by atoms with Crippen LogP contribution in [0.1, 0.15) is 48.0 Å². The van der Waals surface area contributed by atoms with Crippen LogP contribution in [-0.2, 0) is 0 Å². The molecule has 1 fully saturated rings. The molecule has 0 spiro atoms. The Hall–Kier alpha value is -0.870. The Balaban J connectivity index is 1.97. The van der Waals surface area contributed by atoms with Gasteiger partial charge < -0.3 is 11.1 Å². The zero-order valence-corrected chi connectivity index (χ0v) is 11.8. The lowest BCUT2D eigenvalue weighted by molar-refractivity contribution is 0.0915. The van der Waals surface area contributed by atoms with Crippen molar-refractivity contribution in [3.05, 3.63) is 21.9 Å². The summed E-state index contributed by atoms with van der Waals surface area (Å²) in [6.07, 6.45) is 6.27. The summed E-state index contributed by atoms with van der Waals surface area (Å²) in [5.74, 6) is 0.599. The first-order valence-corrected chi connectivity index (χ1v) is 7.70. The Labute approximate surface area is 113 Å². The van der Waals surface area contributed by atoms with Crippen molar-refractivity contribution >= 4 is 17.2 Å². The fourth-order valence-electron chi connectivity index (χ4n) is 2.75. The number of carbonyl (C=O) groups is 1. The first kappa shape index (κ1) is 13.6. The first-order valence-electron chi connectivity index (χ1n) is 6.76. The number of amides is 1. The molecule has 0 radical (unpaired) electrons. The minimum Gasteiger partial charge on any atom is -0.348 e. The van der Waals surface area contributed by atoms with Crippen LogP contribution in [0.5, 0.6) is 0 Å². The van der Waals surface area contributed by atoms with Gasteiger partial charge in [0.15, 0.2) is 0 Å². The predicted molar refractivity (Wildman–Crippen MR) is 75.9 cm³/mol. The van der Waals surface area contributed by atoms with E-state index in [-0.39, 0.29) is 11.9 Å². The van der Waals surface area contributed by atoms with E-state index in [9.17, 15) is 4.79 Å². The molecule has 1 aromatic rings. The molecule has 1 atom stereocenters. The monoisotopic (exact) mass is 266 g/mol. The largest absolute Gasteiger partial charge is 0.348 e. The summed E-state index contributed by atoms with van der Waals surface area (Å²) in [6.45, 7) is 2.52. The third-order valence-electron chi connectivity index (χ3n) is 3.89. The van der Waals surface area contributed by atoms with E-state index in [1.807, 2.05) is 17.7 Å². The molecule has 3 N–H and O–H groups in total. The topological polar surface area (TPSA) is 55.1 Å². The van der Waals surface area contributed by atoms with Crippen molar-refractivity contribution in [2.45, 2.75) is 45.1 Å². The lowest BCUT2D eigenvalue weighted by Crippen LogP contribution is -2.45. The molecule has 3 nitrogen and oxygen atoms in total. The summed E-state index contributed by atoms with van der Waals surface area (Å²) >= 11 is 1.57. The Morgan fingerprint density at radius 1 is 1.44 bits per heavy atom. The van der Waals surface area contributed by atoms with Crippen LogP contribution < -0.4 is 11.1 Å². The molecule has 0 bridgehead atoms. The van der Waals surface area contributed by atoms with Gasteiger partial charge in [-0.1, -0.05) is 19.3 Å². The van der Waals surface area contributed by atoms with E-state index in [1.165, 1.54) is 32.1 Å². The predicted octanol–water partition coefficient (Wildman–Crippen LogP) is 2.69. The molecule has 1 saturated carbocycles. The summed E-state index contributed by atoms with van der Waals surface area (Å²) in [5, 5.41) is 7.05. The molecule has 2 rings (SSSR count). The standard InChI is InChI=1S/C14H22N2OS/c1-10-8-18-9-12(10)14(17)16-13(7-15)11-5-3-2-4-6-11/h8-9,11,13H,2-7,15H2,1H3,(H,16,17). The normalized spacial score (nSPS) is 18.6. The quantitative estimate of drug-likeness (QED) is 0.880. The van der Waals surface area contributed by atoms with Gasteiger partial charge in [-0.3, -0.25) is 4.79 Å². The fourth-order valence-corrected chi connectivity index (χ4v) is 3.57. The number of hydrogen-bond acceptors (Lipinski definition) is 3. The van der Waals surface area contributed by atoms with Crippen molar-refractivity contribution in [1.82, 2.24) is 5.32 Å². The van der Waals surface area contributed by atoms with E-state index in [2.05, 4.69) is 5.32 Å². The van der Waals surface area contributed by atoms with E-state index < -0.39 is 0 Å². The maximum atomic E-state index is 12.2. The Morgan fingerprint density at radius 3 is 2.72 bits per heavy atom. The molecule has 0 saturated heterocycles. The summed E-state index contributed by atoms with van der Waals surface area (Å²) in [4.78, 5) is 12.2. The number of thiophene rings is 1. The second-order valence-electron chi connectivity index (χ2n) is 5.18. The zero-order valence-electron chi connectivity index (χ0n) is 10.9. The van der Waals surface area contributed by atoms with Crippen molar-refractivity contribution in [3.63, 3.8) is 0 Å². The molecular weight excluding hydrogens is 244 g/mol. The fraction of sp³-hybridized carbons (Fsp3) is 0.643. The second kappa shape index (κ2) is 6.34. The number of nitrogens with one attached hydrogen (secondary N) is 1. The van der Waals surface area contributed by atoms with Crippen molar-refractivity contribution in [1.29, 1.82) is 0 Å². The third kappa shape index (κ3) is 3.12. The van der Waals surface area contributed by atoms with Gasteiger partial charge in [0.2, 0.25) is 0 Å². The van der Waals surface area contributed by atoms with Crippen molar-refractivity contribution in [2.75, 3.05) is 6.54 Å². The highest BCUT2D eigenvalue weighted by Gasteiger charge is 2.24. The maximum Gasteiger partial charge on any atom is 0.252 e. The average molecular weight is 266 g/mol. The zero-order chi connectivity index (χ0) is 13.0. The Kier molecular flexibility index (Phi) is 4.78. The molecule has 1 aliphatic rings. The van der Waals surface area contributed by atoms with Crippen LogP contribution in [0.15, 0.2) is 10.8 Å². The van der Waals surface area contributed by atoms with Crippen LogP contribution in [0.3, 0.4) is 0 Å². The van der Waals surface area contributed by atoms with Gasteiger partial charge in [-0.25, -0.2) is 0 Å². The molecule has 18 heavy (non-hydrogen) atoms. The van der Waals surface area contributed by atoms with Gasteiger partial charge in [-0.15, -0.1) is 0 Å². The summed E-state index contributed by atoms with van der Waals surface area (Å²) < 4.78 is 0. The summed E-state index contributed by atoms with van der Waals surface area (Å²) in [6, 6.07) is 0.136. The van der Waals surface area contributed by atoms with Gasteiger partial charge in [-0.05, 0) is 36.6 Å². The molecule has 1 aromatic heterocycles. The van der Waals surface area contributed by atoms with Crippen LogP contribution in [0, 0.1) is 12.8 Å². The number of carbonyl (C=O) groups excluding carboxylic acids is 1. The highest BCUT2D eigenvalue weighted by molar-refractivity contribution is 7.08. The van der Waals surface area contributed by atoms with Crippen LogP contribution >= 0.6 is 11.3 Å². The van der Waals surface area contributed by atoms with E-state index in [4.69, 9.17) is 5.73 Å². The summed E-state index contributed by atoms with van der Waals surface area (Å²) in [7, 11) is 0. The number of aryl methyl sites for hydroxylation is 1. The molecule has 4 heteroatoms. The van der Waals surface area contributed by atoms with Crippen LogP contribution in [0.4, 0.5) is 0 Å². The van der Waals surface area contributed by atoms with Crippen LogP contribution in [0.25, 0.3) is 0 Å². The van der Waals surface area contributed by atoms with Crippen molar-refractivity contribution in [2.24, 2.45) is 11.7 Å². The van der Waals surface area contributed by atoms with Gasteiger partial charge in [0.25, 0.3) is 5.91 Å². The molecular formula is C14H22N2OS. The third-order valence-corrected chi connectivity index (χ3v) is 4.75. The first-order chi connectivity index (χ1) is 8.72. The van der Waals surface area contributed by atoms with Gasteiger partial charge >= 0.3 is 0 Å². The van der Waals surface area contributed by atoms with Gasteiger partial charge in [0.1, 0.15) is 0 Å². The molecule has 1 amide bonds. The van der Waals surface area contributed by atoms with Crippen LogP contribution in [0.2, 0.25) is 0 Å². The number of nitrogens with two attached hydrogens (primary N) is 1. The van der Waals surface area contributed by atoms with E-state index in [0.717, 1.165) is 11.1 Å². The van der Waals surface area contributed by atoms with Crippen LogP contribution in [-0.4, -0.2) is 18.5 Å². The molecule has 0 aliphatic heterocycles. The number of rotatable bonds is 4. The second-order valence-corrected chi connectivity index (χ2v) is 5.93. The van der Waals surface area contributed by atoms with Crippen molar-refractivity contribution < 1.29 is 4.79 Å². The highest BCUT2D eigenvalue weighted by atomic mass is 32.1. The van der Waals surface area contributed by atoms with Gasteiger partial charge in [-0.2, -0.15) is 11.3 Å². The van der Waals surface area contributed by atoms with E-state index in [1.54, 1.807) is 11.3 Å². The van der Waals surface area contributed by atoms with E-state index >= 15 is 0 Å².